The molecule has 0 radical (unpaired) electrons. The van der Waals surface area contributed by atoms with Crippen LogP contribution in [0.3, 0.4) is 0 Å². The number of carbonyl (C=O) groups is 1. The second-order valence-electron chi connectivity index (χ2n) is 6.23. The molecule has 0 saturated carbocycles. The molecule has 0 fully saturated rings. The molecule has 0 aliphatic carbocycles. The number of nitrogens with zero attached hydrogens (tertiary/aromatic N) is 5. The number of hydrogen-bond donors (Lipinski definition) is 1. The average Bonchev–Trinajstić information content (AvgIpc) is 3.16. The molecule has 0 aliphatic heterocycles. The quantitative estimate of drug-likeness (QED) is 0.509. The van der Waals surface area contributed by atoms with E-state index in [2.05, 4.69) is 15.5 Å². The summed E-state index contributed by atoms with van der Waals surface area (Å²) < 4.78 is 3.23. The van der Waals surface area contributed by atoms with Gasteiger partial charge in [-0.2, -0.15) is 10.2 Å². The molecule has 0 spiro atoms. The average molecular weight is 368 g/mol. The van der Waals surface area contributed by atoms with Gasteiger partial charge in [0.25, 0.3) is 0 Å². The van der Waals surface area contributed by atoms with Crippen molar-refractivity contribution in [2.24, 2.45) is 0 Å². The fourth-order valence-corrected chi connectivity index (χ4v) is 2.71. The molecule has 0 saturated heterocycles. The molecule has 9 heteroatoms. The molecule has 1 N–H and O–H groups in total. The molecule has 27 heavy (non-hydrogen) atoms. The van der Waals surface area contributed by atoms with Crippen molar-refractivity contribution < 1.29 is 9.72 Å². The minimum Gasteiger partial charge on any atom is -0.309 e. The van der Waals surface area contributed by atoms with Gasteiger partial charge in [0.05, 0.1) is 11.5 Å². The zero-order valence-corrected chi connectivity index (χ0v) is 15.1. The highest BCUT2D eigenvalue weighted by Gasteiger charge is 2.16. The van der Waals surface area contributed by atoms with Crippen LogP contribution in [0.4, 0.5) is 11.5 Å². The van der Waals surface area contributed by atoms with Gasteiger partial charge < -0.3 is 5.32 Å². The number of rotatable bonds is 7. The monoisotopic (exact) mass is 368 g/mol. The van der Waals surface area contributed by atoms with Crippen molar-refractivity contribution in [1.82, 2.24) is 19.6 Å². The molecule has 0 aliphatic rings. The summed E-state index contributed by atoms with van der Waals surface area (Å²) in [5, 5.41) is 22.1. The fraction of sp³-hybridized carbons (Fsp3) is 0.278. The van der Waals surface area contributed by atoms with Gasteiger partial charge >= 0.3 is 5.69 Å². The lowest BCUT2D eigenvalue weighted by Crippen LogP contribution is -2.15. The van der Waals surface area contributed by atoms with Crippen molar-refractivity contribution >= 4 is 17.4 Å². The van der Waals surface area contributed by atoms with Crippen LogP contribution in [-0.2, 0) is 17.9 Å². The van der Waals surface area contributed by atoms with Crippen LogP contribution in [0, 0.1) is 24.0 Å². The molecule has 0 unspecified atom stereocenters. The fourth-order valence-electron chi connectivity index (χ4n) is 2.71. The highest BCUT2D eigenvalue weighted by atomic mass is 16.6. The van der Waals surface area contributed by atoms with Gasteiger partial charge in [-0.05, 0) is 19.4 Å². The summed E-state index contributed by atoms with van der Waals surface area (Å²) in [4.78, 5) is 22.5. The Morgan fingerprint density at radius 3 is 2.63 bits per heavy atom. The summed E-state index contributed by atoms with van der Waals surface area (Å²) in [6.07, 6.45) is 1.48. The van der Waals surface area contributed by atoms with Crippen molar-refractivity contribution in [2.75, 3.05) is 5.32 Å². The Kier molecular flexibility index (Phi) is 5.30. The first-order chi connectivity index (χ1) is 12.9. The van der Waals surface area contributed by atoms with E-state index in [9.17, 15) is 14.9 Å². The molecular weight excluding hydrogens is 348 g/mol. The summed E-state index contributed by atoms with van der Waals surface area (Å²) in [6, 6.07) is 11.7. The largest absolute Gasteiger partial charge is 0.309 e. The van der Waals surface area contributed by atoms with Gasteiger partial charge in [-0.15, -0.1) is 0 Å². The predicted molar refractivity (Wildman–Crippen MR) is 99.4 cm³/mol. The maximum absolute atomic E-state index is 12.2. The Bertz CT molecular complexity index is 961. The third-order valence-electron chi connectivity index (χ3n) is 4.11. The number of nitro groups is 1. The second kappa shape index (κ2) is 7.81. The van der Waals surface area contributed by atoms with Gasteiger partial charge in [0, 0.05) is 24.7 Å². The third kappa shape index (κ3) is 4.57. The normalized spacial score (nSPS) is 10.7. The van der Waals surface area contributed by atoms with Crippen LogP contribution in [0.1, 0.15) is 23.4 Å². The lowest BCUT2D eigenvalue weighted by Gasteiger charge is -2.04. The Labute approximate surface area is 155 Å². The first kappa shape index (κ1) is 18.3. The van der Waals surface area contributed by atoms with E-state index in [4.69, 9.17) is 0 Å². The number of hydrogen-bond acceptors (Lipinski definition) is 5. The van der Waals surface area contributed by atoms with Gasteiger partial charge in [-0.3, -0.25) is 24.3 Å². The zero-order valence-electron chi connectivity index (χ0n) is 15.1. The molecule has 1 amide bonds. The number of carbonyl (C=O) groups excluding carboxylic acids is 1. The molecule has 0 bridgehead atoms. The SMILES string of the molecule is Cc1nn(CCC(=O)Nc2cc(C)n(Cc3ccccc3)n2)cc1[N+](=O)[O-]. The van der Waals surface area contributed by atoms with Gasteiger partial charge in [-0.1, -0.05) is 30.3 Å². The Morgan fingerprint density at radius 1 is 1.22 bits per heavy atom. The first-order valence-corrected chi connectivity index (χ1v) is 8.49. The summed E-state index contributed by atoms with van der Waals surface area (Å²) in [7, 11) is 0. The number of aromatic nitrogens is 4. The number of anilines is 1. The number of nitrogens with one attached hydrogen (secondary N) is 1. The van der Waals surface area contributed by atoms with Gasteiger partial charge in [0.2, 0.25) is 5.91 Å². The van der Waals surface area contributed by atoms with E-state index in [1.54, 1.807) is 6.92 Å². The van der Waals surface area contributed by atoms with E-state index in [1.165, 1.54) is 10.9 Å². The van der Waals surface area contributed by atoms with Crippen LogP contribution in [0.25, 0.3) is 0 Å². The molecule has 2 heterocycles. The number of benzene rings is 1. The second-order valence-corrected chi connectivity index (χ2v) is 6.23. The summed E-state index contributed by atoms with van der Waals surface area (Å²) >= 11 is 0. The molecule has 9 nitrogen and oxygen atoms in total. The van der Waals surface area contributed by atoms with Crippen LogP contribution < -0.4 is 5.32 Å². The minimum atomic E-state index is -0.485. The van der Waals surface area contributed by atoms with Crippen molar-refractivity contribution in [2.45, 2.75) is 33.4 Å². The van der Waals surface area contributed by atoms with Gasteiger partial charge in [0.1, 0.15) is 11.9 Å². The topological polar surface area (TPSA) is 108 Å². The Morgan fingerprint density at radius 2 is 1.96 bits per heavy atom. The summed E-state index contributed by atoms with van der Waals surface area (Å²) in [6.45, 7) is 4.37. The van der Waals surface area contributed by atoms with Crippen molar-refractivity contribution in [1.29, 1.82) is 0 Å². The lowest BCUT2D eigenvalue weighted by atomic mass is 10.2. The van der Waals surface area contributed by atoms with Gasteiger partial charge in [-0.25, -0.2) is 0 Å². The van der Waals surface area contributed by atoms with Crippen LogP contribution in [0.15, 0.2) is 42.6 Å². The number of aryl methyl sites for hydroxylation is 3. The first-order valence-electron chi connectivity index (χ1n) is 8.49. The van der Waals surface area contributed by atoms with Crippen LogP contribution in [-0.4, -0.2) is 30.4 Å². The van der Waals surface area contributed by atoms with E-state index in [0.717, 1.165) is 11.3 Å². The molecule has 0 atom stereocenters. The van der Waals surface area contributed by atoms with E-state index >= 15 is 0 Å². The molecule has 3 aromatic rings. The molecule has 140 valence electrons. The smallest absolute Gasteiger partial charge is 0.309 e. The maximum Gasteiger partial charge on any atom is 0.309 e. The van der Waals surface area contributed by atoms with Crippen molar-refractivity contribution in [3.8, 4) is 0 Å². The van der Waals surface area contributed by atoms with Crippen LogP contribution in [0.2, 0.25) is 0 Å². The molecule has 1 aromatic carbocycles. The standard InChI is InChI=1S/C18H20N6O3/c1-13-10-17(21-23(13)11-15-6-4-3-5-7-15)19-18(25)8-9-22-12-16(24(26)27)14(2)20-22/h3-7,10,12H,8-9,11H2,1-2H3,(H,19,21,25). The molecule has 3 rings (SSSR count). The van der Waals surface area contributed by atoms with Gasteiger partial charge in [0.15, 0.2) is 5.82 Å². The van der Waals surface area contributed by atoms with Crippen molar-refractivity contribution in [3.05, 3.63) is 69.7 Å². The predicted octanol–water partition coefficient (Wildman–Crippen LogP) is 2.68. The van der Waals surface area contributed by atoms with E-state index < -0.39 is 4.92 Å². The minimum absolute atomic E-state index is 0.0503. The van der Waals surface area contributed by atoms with Crippen LogP contribution >= 0.6 is 0 Å². The third-order valence-corrected chi connectivity index (χ3v) is 4.11. The van der Waals surface area contributed by atoms with E-state index in [0.29, 0.717) is 18.1 Å². The number of amides is 1. The lowest BCUT2D eigenvalue weighted by molar-refractivity contribution is -0.385. The van der Waals surface area contributed by atoms with Crippen LogP contribution in [0.5, 0.6) is 0 Å². The summed E-state index contributed by atoms with van der Waals surface area (Å²) in [5.41, 5.74) is 2.34. The van der Waals surface area contributed by atoms with E-state index in [1.807, 2.05) is 48.0 Å². The highest BCUT2D eigenvalue weighted by Crippen LogP contribution is 2.15. The Hall–Kier alpha value is -3.49. The Balaban J connectivity index is 1.57. The summed E-state index contributed by atoms with van der Waals surface area (Å²) in [5.74, 6) is 0.256. The molecular formula is C18H20N6O3. The van der Waals surface area contributed by atoms with Crippen molar-refractivity contribution in [3.63, 3.8) is 0 Å². The highest BCUT2D eigenvalue weighted by molar-refractivity contribution is 5.89. The van der Waals surface area contributed by atoms with E-state index in [-0.39, 0.29) is 24.6 Å². The molecule has 2 aromatic heterocycles. The zero-order chi connectivity index (χ0) is 19.4. The maximum atomic E-state index is 12.2.